The van der Waals surface area contributed by atoms with Crippen molar-refractivity contribution in [1.29, 1.82) is 0 Å². The van der Waals surface area contributed by atoms with Gasteiger partial charge in [0.1, 0.15) is 5.76 Å². The van der Waals surface area contributed by atoms with Crippen LogP contribution in [0, 0.1) is 9.58 Å². The predicted molar refractivity (Wildman–Crippen MR) is 70.2 cm³/mol. The Labute approximate surface area is 111 Å². The van der Waals surface area contributed by atoms with Crippen molar-refractivity contribution < 1.29 is 8.81 Å². The lowest BCUT2D eigenvalue weighted by molar-refractivity contribution is 0.492. The van der Waals surface area contributed by atoms with Crippen molar-refractivity contribution in [2.24, 2.45) is 0 Å². The number of benzene rings is 1. The Morgan fingerprint density at radius 1 is 1.31 bits per heavy atom. The molecule has 0 aliphatic rings. The first kappa shape index (κ1) is 11.7. The fourth-order valence-corrected chi connectivity index (χ4v) is 1.91. The minimum absolute atomic E-state index is 0.110. The molecule has 1 aromatic carbocycles. The summed E-state index contributed by atoms with van der Waals surface area (Å²) < 4.78 is 19.6. The van der Waals surface area contributed by atoms with Gasteiger partial charge in [0.05, 0.1) is 17.3 Å². The highest BCUT2D eigenvalue weighted by Crippen LogP contribution is 2.22. The van der Waals surface area contributed by atoms with Crippen LogP contribution in [0.1, 0.15) is 5.76 Å². The van der Waals surface area contributed by atoms with E-state index in [0.29, 0.717) is 12.2 Å². The van der Waals surface area contributed by atoms with Crippen LogP contribution in [-0.2, 0) is 6.54 Å². The summed E-state index contributed by atoms with van der Waals surface area (Å²) in [6.07, 6.45) is 0. The third-order valence-electron chi connectivity index (χ3n) is 2.03. The summed E-state index contributed by atoms with van der Waals surface area (Å²) in [4.78, 5) is 0. The predicted octanol–water partition coefficient (Wildman–Crippen LogP) is 4.29. The maximum absolute atomic E-state index is 13.5. The molecule has 1 N–H and O–H groups in total. The second-order valence-corrected chi connectivity index (χ2v) is 4.63. The van der Waals surface area contributed by atoms with Crippen molar-refractivity contribution in [3.63, 3.8) is 0 Å². The Morgan fingerprint density at radius 3 is 2.81 bits per heavy atom. The molecule has 0 saturated heterocycles. The van der Waals surface area contributed by atoms with Crippen LogP contribution in [0.4, 0.5) is 10.1 Å². The largest absolute Gasteiger partial charge is 0.454 e. The molecular weight excluding hydrogens is 343 g/mol. The zero-order chi connectivity index (χ0) is 11.5. The summed E-state index contributed by atoms with van der Waals surface area (Å²) in [5, 5.41) is 3.04. The van der Waals surface area contributed by atoms with Crippen LogP contribution < -0.4 is 5.32 Å². The molecule has 0 unspecified atom stereocenters. The first-order valence-electron chi connectivity index (χ1n) is 4.59. The fraction of sp³-hybridized carbons (Fsp3) is 0.0909. The van der Waals surface area contributed by atoms with Crippen LogP contribution in [0.25, 0.3) is 0 Å². The maximum Gasteiger partial charge on any atom is 0.164 e. The van der Waals surface area contributed by atoms with E-state index in [1.165, 1.54) is 6.07 Å². The van der Waals surface area contributed by atoms with E-state index < -0.39 is 5.82 Å². The van der Waals surface area contributed by atoms with Gasteiger partial charge in [-0.25, -0.2) is 4.39 Å². The fourth-order valence-electron chi connectivity index (χ4n) is 1.27. The molecule has 16 heavy (non-hydrogen) atoms. The highest BCUT2D eigenvalue weighted by molar-refractivity contribution is 14.1. The molecular formula is C11H8ClFINO. The van der Waals surface area contributed by atoms with E-state index in [-0.39, 0.29) is 5.02 Å². The molecule has 2 nitrogen and oxygen atoms in total. The summed E-state index contributed by atoms with van der Waals surface area (Å²) in [6, 6.07) is 8.54. The van der Waals surface area contributed by atoms with Crippen molar-refractivity contribution in [2.45, 2.75) is 6.54 Å². The molecule has 0 amide bonds. The number of furan rings is 1. The van der Waals surface area contributed by atoms with Gasteiger partial charge in [-0.15, -0.1) is 0 Å². The molecule has 0 aliphatic carbocycles. The van der Waals surface area contributed by atoms with Gasteiger partial charge in [0, 0.05) is 0 Å². The van der Waals surface area contributed by atoms with Crippen LogP contribution in [0.2, 0.25) is 5.02 Å². The molecule has 0 aliphatic heterocycles. The standard InChI is InChI=1S/C11H8ClFINO/c12-8-2-1-3-9(11(8)13)15-6-7-4-5-10(14)16-7/h1-5,15H,6H2. The average Bonchev–Trinajstić information content (AvgIpc) is 2.67. The summed E-state index contributed by atoms with van der Waals surface area (Å²) in [5.74, 6) is 0.314. The van der Waals surface area contributed by atoms with E-state index in [9.17, 15) is 4.39 Å². The van der Waals surface area contributed by atoms with E-state index >= 15 is 0 Å². The van der Waals surface area contributed by atoms with Gasteiger partial charge in [-0.05, 0) is 46.9 Å². The Balaban J connectivity index is 2.07. The molecule has 1 aromatic heterocycles. The smallest absolute Gasteiger partial charge is 0.164 e. The molecule has 0 bridgehead atoms. The number of nitrogens with one attached hydrogen (secondary N) is 1. The highest BCUT2D eigenvalue weighted by Gasteiger charge is 2.06. The zero-order valence-electron chi connectivity index (χ0n) is 8.14. The number of hydrogen-bond donors (Lipinski definition) is 1. The van der Waals surface area contributed by atoms with E-state index in [4.69, 9.17) is 16.0 Å². The minimum atomic E-state index is -0.439. The SMILES string of the molecule is Fc1c(Cl)cccc1NCc1ccc(I)o1. The third kappa shape index (κ3) is 2.68. The van der Waals surface area contributed by atoms with Gasteiger partial charge < -0.3 is 9.73 Å². The lowest BCUT2D eigenvalue weighted by Gasteiger charge is -2.06. The Bertz CT molecular complexity index is 500. The molecule has 0 radical (unpaired) electrons. The zero-order valence-corrected chi connectivity index (χ0v) is 11.0. The molecule has 84 valence electrons. The molecule has 0 atom stereocenters. The van der Waals surface area contributed by atoms with E-state index in [2.05, 4.69) is 27.9 Å². The lowest BCUT2D eigenvalue weighted by atomic mass is 10.3. The Kier molecular flexibility index (Phi) is 3.70. The summed E-state index contributed by atoms with van der Waals surface area (Å²) in [7, 11) is 0. The van der Waals surface area contributed by atoms with Crippen LogP contribution in [0.15, 0.2) is 34.7 Å². The molecule has 2 aromatic rings. The van der Waals surface area contributed by atoms with Crippen LogP contribution in [0.5, 0.6) is 0 Å². The molecule has 0 saturated carbocycles. The van der Waals surface area contributed by atoms with Gasteiger partial charge in [0.15, 0.2) is 9.58 Å². The van der Waals surface area contributed by atoms with Crippen LogP contribution in [0.3, 0.4) is 0 Å². The monoisotopic (exact) mass is 351 g/mol. The Hall–Kier alpha value is -0.750. The summed E-state index contributed by atoms with van der Waals surface area (Å²) in [5.41, 5.74) is 0.374. The van der Waals surface area contributed by atoms with Gasteiger partial charge in [0.25, 0.3) is 0 Å². The van der Waals surface area contributed by atoms with E-state index in [1.807, 2.05) is 12.1 Å². The second-order valence-electron chi connectivity index (χ2n) is 3.16. The number of hydrogen-bond acceptors (Lipinski definition) is 2. The molecule has 0 fully saturated rings. The van der Waals surface area contributed by atoms with Crippen molar-refractivity contribution in [3.8, 4) is 0 Å². The van der Waals surface area contributed by atoms with Crippen LogP contribution >= 0.6 is 34.2 Å². The van der Waals surface area contributed by atoms with Gasteiger partial charge >= 0.3 is 0 Å². The first-order chi connectivity index (χ1) is 7.66. The lowest BCUT2D eigenvalue weighted by Crippen LogP contribution is -2.00. The summed E-state index contributed by atoms with van der Waals surface area (Å²) in [6.45, 7) is 0.431. The van der Waals surface area contributed by atoms with Crippen molar-refractivity contribution >= 4 is 39.9 Å². The highest BCUT2D eigenvalue weighted by atomic mass is 127. The molecule has 1 heterocycles. The molecule has 0 spiro atoms. The average molecular weight is 352 g/mol. The Morgan fingerprint density at radius 2 is 2.12 bits per heavy atom. The summed E-state index contributed by atoms with van der Waals surface area (Å²) >= 11 is 7.74. The number of halogens is 3. The van der Waals surface area contributed by atoms with Crippen molar-refractivity contribution in [1.82, 2.24) is 0 Å². The van der Waals surface area contributed by atoms with Crippen molar-refractivity contribution in [2.75, 3.05) is 5.32 Å². The number of rotatable bonds is 3. The van der Waals surface area contributed by atoms with E-state index in [0.717, 1.165) is 9.53 Å². The minimum Gasteiger partial charge on any atom is -0.454 e. The van der Waals surface area contributed by atoms with Gasteiger partial charge in [-0.3, -0.25) is 0 Å². The normalized spacial score (nSPS) is 10.4. The van der Waals surface area contributed by atoms with Crippen molar-refractivity contribution in [3.05, 3.63) is 50.7 Å². The molecule has 2 rings (SSSR count). The van der Waals surface area contributed by atoms with Gasteiger partial charge in [-0.1, -0.05) is 17.7 Å². The van der Waals surface area contributed by atoms with E-state index in [1.54, 1.807) is 12.1 Å². The van der Waals surface area contributed by atoms with Gasteiger partial charge in [0.2, 0.25) is 0 Å². The maximum atomic E-state index is 13.5. The van der Waals surface area contributed by atoms with Crippen LogP contribution in [-0.4, -0.2) is 0 Å². The first-order valence-corrected chi connectivity index (χ1v) is 6.04. The quantitative estimate of drug-likeness (QED) is 0.835. The third-order valence-corrected chi connectivity index (χ3v) is 2.91. The van der Waals surface area contributed by atoms with Gasteiger partial charge in [-0.2, -0.15) is 0 Å². The number of anilines is 1. The topological polar surface area (TPSA) is 25.2 Å². The molecule has 5 heteroatoms. The second kappa shape index (κ2) is 5.05.